The molecule has 4 atom stereocenters. The summed E-state index contributed by atoms with van der Waals surface area (Å²) in [7, 11) is 0. The zero-order valence-corrected chi connectivity index (χ0v) is 13.6. The van der Waals surface area contributed by atoms with Crippen molar-refractivity contribution in [1.82, 2.24) is 0 Å². The number of aliphatic hydroxyl groups excluding tert-OH is 2. The summed E-state index contributed by atoms with van der Waals surface area (Å²) in [4.78, 5) is 23.0. The summed E-state index contributed by atoms with van der Waals surface area (Å²) in [6.45, 7) is 0. The number of aliphatic carboxylic acids is 1. The highest BCUT2D eigenvalue weighted by Gasteiger charge is 2.50. The quantitative estimate of drug-likeness (QED) is 0.303. The van der Waals surface area contributed by atoms with E-state index in [4.69, 9.17) is 9.84 Å². The van der Waals surface area contributed by atoms with Gasteiger partial charge in [0.05, 0.1) is 12.5 Å². The lowest BCUT2D eigenvalue weighted by Crippen LogP contribution is -2.57. The lowest BCUT2D eigenvalue weighted by atomic mass is 9.79. The van der Waals surface area contributed by atoms with Crippen molar-refractivity contribution in [2.24, 2.45) is 0 Å². The normalized spacial score (nSPS) is 28.8. The van der Waals surface area contributed by atoms with Crippen LogP contribution in [0.25, 0.3) is 6.08 Å². The first-order valence-corrected chi connectivity index (χ1v) is 7.82. The van der Waals surface area contributed by atoms with Crippen LogP contribution in [0, 0.1) is 0 Å². The molecule has 142 valence electrons. The van der Waals surface area contributed by atoms with Crippen molar-refractivity contribution in [3.63, 3.8) is 0 Å². The maximum absolute atomic E-state index is 11.9. The molecule has 9 heteroatoms. The third-order valence-electron chi connectivity index (χ3n) is 4.14. The van der Waals surface area contributed by atoms with Crippen molar-refractivity contribution in [2.75, 3.05) is 0 Å². The lowest BCUT2D eigenvalue weighted by Gasteiger charge is -2.39. The van der Waals surface area contributed by atoms with Crippen molar-refractivity contribution in [3.05, 3.63) is 29.8 Å². The molecule has 1 aromatic rings. The number of phenols is 2. The molecule has 0 aliphatic heterocycles. The van der Waals surface area contributed by atoms with Crippen LogP contribution in [0.3, 0.4) is 0 Å². The number of hydrogen-bond acceptors (Lipinski definition) is 8. The second-order valence-electron chi connectivity index (χ2n) is 6.19. The van der Waals surface area contributed by atoms with Gasteiger partial charge in [-0.05, 0) is 17.7 Å². The molecule has 1 aliphatic carbocycles. The minimum atomic E-state index is -2.29. The molecule has 1 aliphatic rings. The molecule has 0 bridgehead atoms. The molecule has 0 aromatic heterocycles. The Balaban J connectivity index is 1.96. The number of hydrogen-bond donors (Lipinski definition) is 6. The molecule has 1 saturated carbocycles. The second-order valence-corrected chi connectivity index (χ2v) is 6.19. The molecular weight excluding hydrogens is 348 g/mol. The fourth-order valence-corrected chi connectivity index (χ4v) is 2.69. The number of carboxylic acid groups (broad SMARTS) is 1. The van der Waals surface area contributed by atoms with Crippen LogP contribution in [0.5, 0.6) is 11.5 Å². The van der Waals surface area contributed by atoms with Gasteiger partial charge in [-0.1, -0.05) is 18.2 Å². The largest absolute Gasteiger partial charge is 0.504 e. The summed E-state index contributed by atoms with van der Waals surface area (Å²) >= 11 is 0. The van der Waals surface area contributed by atoms with Crippen LogP contribution < -0.4 is 0 Å². The van der Waals surface area contributed by atoms with Crippen LogP contribution in [-0.2, 0) is 14.3 Å². The molecule has 6 N–H and O–H groups in total. The van der Waals surface area contributed by atoms with Gasteiger partial charge < -0.3 is 35.4 Å². The molecule has 1 fully saturated rings. The van der Waals surface area contributed by atoms with E-state index < -0.39 is 48.7 Å². The predicted octanol–water partition coefficient (Wildman–Crippen LogP) is -0.256. The first-order valence-electron chi connectivity index (χ1n) is 7.82. The number of ether oxygens (including phenoxy) is 1. The van der Waals surface area contributed by atoms with Crippen LogP contribution >= 0.6 is 0 Å². The van der Waals surface area contributed by atoms with Gasteiger partial charge in [-0.25, -0.2) is 4.79 Å². The number of benzene rings is 1. The first-order chi connectivity index (χ1) is 12.1. The summed E-state index contributed by atoms with van der Waals surface area (Å²) in [6, 6.07) is 4.07. The van der Waals surface area contributed by atoms with Crippen LogP contribution in [-0.4, -0.2) is 66.5 Å². The highest BCUT2D eigenvalue weighted by Crippen LogP contribution is 2.31. The Morgan fingerprint density at radius 1 is 1.19 bits per heavy atom. The number of aliphatic hydroxyl groups is 3. The third kappa shape index (κ3) is 4.51. The Morgan fingerprint density at radius 2 is 1.88 bits per heavy atom. The van der Waals surface area contributed by atoms with Crippen LogP contribution in [0.15, 0.2) is 24.3 Å². The van der Waals surface area contributed by atoms with E-state index in [-0.39, 0.29) is 17.9 Å². The average Bonchev–Trinajstić information content (AvgIpc) is 2.55. The molecule has 0 saturated heterocycles. The van der Waals surface area contributed by atoms with Gasteiger partial charge in [0.15, 0.2) is 17.1 Å². The number of aromatic hydroxyl groups is 2. The number of phenolic OH excluding ortho intramolecular Hbond substituents is 2. The minimum Gasteiger partial charge on any atom is -0.504 e. The summed E-state index contributed by atoms with van der Waals surface area (Å²) in [5, 5.41) is 57.1. The van der Waals surface area contributed by atoms with E-state index in [0.29, 0.717) is 5.56 Å². The van der Waals surface area contributed by atoms with Gasteiger partial charge >= 0.3 is 11.9 Å². The van der Waals surface area contributed by atoms with E-state index in [1.54, 1.807) is 0 Å². The Morgan fingerprint density at radius 3 is 2.50 bits per heavy atom. The highest BCUT2D eigenvalue weighted by atomic mass is 16.6. The fourth-order valence-electron chi connectivity index (χ4n) is 2.69. The summed E-state index contributed by atoms with van der Waals surface area (Å²) < 4.78 is 4.99. The topological polar surface area (TPSA) is 165 Å². The van der Waals surface area contributed by atoms with Crippen LogP contribution in [0.1, 0.15) is 24.8 Å². The monoisotopic (exact) mass is 368 g/mol. The highest BCUT2D eigenvalue weighted by molar-refractivity contribution is 5.78. The fraction of sp³-hybridized carbons (Fsp3) is 0.412. The Labute approximate surface area is 148 Å². The van der Waals surface area contributed by atoms with Crippen molar-refractivity contribution < 1.29 is 45.0 Å². The SMILES string of the molecule is O=C(C/C=C/c1ccc(O)c(O)c1)O[C@@H]1C[C@@](O)(C(=O)O)C[C@H](O)[C@H]1O. The molecule has 9 nitrogen and oxygen atoms in total. The summed E-state index contributed by atoms with van der Waals surface area (Å²) in [5.41, 5.74) is -1.77. The molecule has 0 amide bonds. The van der Waals surface area contributed by atoms with Gasteiger partial charge in [-0.3, -0.25) is 4.79 Å². The van der Waals surface area contributed by atoms with Gasteiger partial charge in [0.1, 0.15) is 12.2 Å². The van der Waals surface area contributed by atoms with E-state index >= 15 is 0 Å². The molecule has 0 radical (unpaired) electrons. The summed E-state index contributed by atoms with van der Waals surface area (Å²) in [6.07, 6.45) is -2.85. The minimum absolute atomic E-state index is 0.230. The van der Waals surface area contributed by atoms with Crippen molar-refractivity contribution in [2.45, 2.75) is 43.2 Å². The zero-order chi connectivity index (χ0) is 19.5. The molecule has 0 heterocycles. The van der Waals surface area contributed by atoms with E-state index in [1.807, 2.05) is 0 Å². The van der Waals surface area contributed by atoms with Gasteiger partial charge in [0, 0.05) is 12.8 Å². The van der Waals surface area contributed by atoms with Crippen molar-refractivity contribution in [1.29, 1.82) is 0 Å². The Kier molecular flexibility index (Phi) is 5.86. The van der Waals surface area contributed by atoms with Gasteiger partial charge in [-0.15, -0.1) is 0 Å². The standard InChI is InChI=1S/C17H20O9/c18-10-5-4-9(6-11(10)19)2-1-3-14(21)26-13-8-17(25,16(23)24)7-12(20)15(13)22/h1-2,4-6,12-13,15,18-20,22,25H,3,7-8H2,(H,23,24)/b2-1+/t12-,13+,15+,17+/m0/s1. The molecule has 26 heavy (non-hydrogen) atoms. The molecular formula is C17H20O9. The second kappa shape index (κ2) is 7.73. The van der Waals surface area contributed by atoms with E-state index in [0.717, 1.165) is 0 Å². The smallest absolute Gasteiger partial charge is 0.335 e. The first kappa shape index (κ1) is 19.7. The predicted molar refractivity (Wildman–Crippen MR) is 87.1 cm³/mol. The van der Waals surface area contributed by atoms with Crippen molar-refractivity contribution >= 4 is 18.0 Å². The third-order valence-corrected chi connectivity index (χ3v) is 4.14. The molecule has 2 rings (SSSR count). The van der Waals surface area contributed by atoms with Gasteiger partial charge in [0.2, 0.25) is 0 Å². The van der Waals surface area contributed by atoms with E-state index in [1.165, 1.54) is 30.4 Å². The maximum Gasteiger partial charge on any atom is 0.335 e. The molecule has 0 spiro atoms. The van der Waals surface area contributed by atoms with E-state index in [9.17, 15) is 35.1 Å². The number of carbonyl (C=O) groups is 2. The van der Waals surface area contributed by atoms with Crippen molar-refractivity contribution in [3.8, 4) is 11.5 Å². The number of rotatable bonds is 5. The maximum atomic E-state index is 11.9. The van der Waals surface area contributed by atoms with E-state index in [2.05, 4.69) is 0 Å². The molecule has 0 unspecified atom stereocenters. The van der Waals surface area contributed by atoms with Gasteiger partial charge in [-0.2, -0.15) is 0 Å². The average molecular weight is 368 g/mol. The Bertz CT molecular complexity index is 714. The van der Waals surface area contributed by atoms with Crippen LogP contribution in [0.2, 0.25) is 0 Å². The number of esters is 1. The van der Waals surface area contributed by atoms with Gasteiger partial charge in [0.25, 0.3) is 0 Å². The zero-order valence-electron chi connectivity index (χ0n) is 13.6. The van der Waals surface area contributed by atoms with Crippen LogP contribution in [0.4, 0.5) is 0 Å². The number of carbonyl (C=O) groups excluding carboxylic acids is 1. The summed E-state index contributed by atoms with van der Waals surface area (Å²) in [5.74, 6) is -2.97. The lowest BCUT2D eigenvalue weighted by molar-refractivity contribution is -0.197. The molecule has 1 aromatic carbocycles. The Hall–Kier alpha value is -2.62. The number of carboxylic acids is 1.